The second-order valence-corrected chi connectivity index (χ2v) is 7.03. The second-order valence-electron chi connectivity index (χ2n) is 7.03. The van der Waals surface area contributed by atoms with Crippen LogP contribution in [0.25, 0.3) is 22.6 Å². The fraction of sp³-hybridized carbons (Fsp3) is 0.500. The third kappa shape index (κ3) is 2.92. The molecule has 1 saturated heterocycles. The minimum Gasteiger partial charge on any atom is -0.465 e. The molecule has 1 atom stereocenters. The first kappa shape index (κ1) is 17.4. The topological polar surface area (TPSA) is 102 Å². The number of rotatable bonds is 4. The predicted octanol–water partition coefficient (Wildman–Crippen LogP) is 2.10. The fourth-order valence-corrected chi connectivity index (χ4v) is 3.87. The molecule has 27 heavy (non-hydrogen) atoms. The highest BCUT2D eigenvalue weighted by molar-refractivity contribution is 5.79. The average molecular weight is 369 g/mol. The summed E-state index contributed by atoms with van der Waals surface area (Å²) in [6.45, 7) is 6.03. The van der Waals surface area contributed by atoms with Gasteiger partial charge in [-0.2, -0.15) is 5.10 Å². The molecule has 0 bridgehead atoms. The summed E-state index contributed by atoms with van der Waals surface area (Å²) in [5, 5.41) is 13.6. The van der Waals surface area contributed by atoms with Crippen molar-refractivity contribution in [2.75, 3.05) is 13.1 Å². The molecule has 1 aliphatic rings. The van der Waals surface area contributed by atoms with Crippen molar-refractivity contribution in [1.82, 2.24) is 34.2 Å². The molecule has 0 aromatic carbocycles. The number of aromatic nitrogens is 6. The Bertz CT molecular complexity index is 1010. The van der Waals surface area contributed by atoms with Crippen molar-refractivity contribution in [3.8, 4) is 11.4 Å². The molecular weight excluding hydrogens is 346 g/mol. The van der Waals surface area contributed by atoms with E-state index >= 15 is 0 Å². The normalized spacial score (nSPS) is 17.1. The van der Waals surface area contributed by atoms with Crippen LogP contribution in [0.2, 0.25) is 0 Å². The molecule has 4 heterocycles. The van der Waals surface area contributed by atoms with Gasteiger partial charge in [-0.1, -0.05) is 0 Å². The lowest BCUT2D eigenvalue weighted by Gasteiger charge is -2.11. The van der Waals surface area contributed by atoms with Crippen LogP contribution in [0, 0.1) is 12.8 Å². The van der Waals surface area contributed by atoms with Crippen LogP contribution in [-0.4, -0.2) is 58.5 Å². The quantitative estimate of drug-likeness (QED) is 0.755. The van der Waals surface area contributed by atoms with Crippen LogP contribution in [0.1, 0.15) is 24.7 Å². The van der Waals surface area contributed by atoms with Gasteiger partial charge >= 0.3 is 6.09 Å². The molecule has 3 aromatic rings. The monoisotopic (exact) mass is 369 g/mol. The lowest BCUT2D eigenvalue weighted by atomic mass is 10.0. The van der Waals surface area contributed by atoms with Gasteiger partial charge in [0, 0.05) is 32.4 Å². The summed E-state index contributed by atoms with van der Waals surface area (Å²) in [5.41, 5.74) is 4.50. The number of hydrogen-bond acceptors (Lipinski definition) is 5. The maximum Gasteiger partial charge on any atom is 0.407 e. The van der Waals surface area contributed by atoms with Crippen molar-refractivity contribution in [1.29, 1.82) is 0 Å². The Labute approximate surface area is 156 Å². The van der Waals surface area contributed by atoms with Crippen LogP contribution < -0.4 is 0 Å². The molecule has 1 fully saturated rings. The van der Waals surface area contributed by atoms with E-state index < -0.39 is 6.09 Å². The summed E-state index contributed by atoms with van der Waals surface area (Å²) in [6, 6.07) is 0. The molecule has 0 radical (unpaired) electrons. The van der Waals surface area contributed by atoms with E-state index in [0.717, 1.165) is 46.9 Å². The van der Waals surface area contributed by atoms with E-state index in [2.05, 4.69) is 22.0 Å². The smallest absolute Gasteiger partial charge is 0.407 e. The number of nitrogens with zero attached hydrogens (tertiary/aromatic N) is 7. The van der Waals surface area contributed by atoms with E-state index in [1.54, 1.807) is 6.33 Å². The number of amides is 1. The van der Waals surface area contributed by atoms with E-state index in [1.807, 2.05) is 29.4 Å². The number of carbonyl (C=O) groups is 1. The Morgan fingerprint density at radius 1 is 1.37 bits per heavy atom. The number of imidazole rings is 1. The van der Waals surface area contributed by atoms with Gasteiger partial charge in [-0.3, -0.25) is 4.68 Å². The number of hydrogen-bond donors (Lipinski definition) is 1. The van der Waals surface area contributed by atoms with Crippen molar-refractivity contribution >= 4 is 17.3 Å². The standard InChI is InChI=1S/C18H23N7O2/c1-4-25-11(2)13(8-21-25)16-22-15-14(19-10-20-17(15)23(16)3)7-12-5-6-24(9-12)18(26)27/h8,10,12H,4-7,9H2,1-3H3,(H,26,27). The lowest BCUT2D eigenvalue weighted by molar-refractivity contribution is 0.154. The first-order chi connectivity index (χ1) is 13.0. The molecular formula is C18H23N7O2. The molecule has 1 unspecified atom stereocenters. The third-order valence-electron chi connectivity index (χ3n) is 5.41. The Kier molecular flexibility index (Phi) is 4.29. The molecule has 9 heteroatoms. The molecule has 1 aliphatic heterocycles. The maximum absolute atomic E-state index is 11.2. The number of fused-ring (bicyclic) bond motifs is 1. The van der Waals surface area contributed by atoms with Gasteiger partial charge < -0.3 is 14.6 Å². The molecule has 9 nitrogen and oxygen atoms in total. The first-order valence-electron chi connectivity index (χ1n) is 9.16. The lowest BCUT2D eigenvalue weighted by Crippen LogP contribution is -2.26. The van der Waals surface area contributed by atoms with E-state index in [4.69, 9.17) is 10.1 Å². The maximum atomic E-state index is 11.2. The highest BCUT2D eigenvalue weighted by Gasteiger charge is 2.27. The third-order valence-corrected chi connectivity index (χ3v) is 5.41. The highest BCUT2D eigenvalue weighted by atomic mass is 16.4. The minimum atomic E-state index is -0.853. The summed E-state index contributed by atoms with van der Waals surface area (Å²) < 4.78 is 3.92. The molecule has 142 valence electrons. The van der Waals surface area contributed by atoms with Gasteiger partial charge in [0.25, 0.3) is 0 Å². The van der Waals surface area contributed by atoms with Gasteiger partial charge in [-0.05, 0) is 32.6 Å². The van der Waals surface area contributed by atoms with E-state index in [-0.39, 0.29) is 5.92 Å². The van der Waals surface area contributed by atoms with Gasteiger partial charge in [0.15, 0.2) is 5.65 Å². The van der Waals surface area contributed by atoms with Crippen LogP contribution in [0.5, 0.6) is 0 Å². The van der Waals surface area contributed by atoms with Gasteiger partial charge in [0.1, 0.15) is 17.7 Å². The highest BCUT2D eigenvalue weighted by Crippen LogP contribution is 2.28. The van der Waals surface area contributed by atoms with Crippen LogP contribution >= 0.6 is 0 Å². The summed E-state index contributed by atoms with van der Waals surface area (Å²) in [6.07, 6.45) is 4.10. The van der Waals surface area contributed by atoms with E-state index in [1.165, 1.54) is 4.90 Å². The molecule has 0 spiro atoms. The van der Waals surface area contributed by atoms with Crippen molar-refractivity contribution in [3.05, 3.63) is 23.9 Å². The summed E-state index contributed by atoms with van der Waals surface area (Å²) in [5.74, 6) is 1.08. The van der Waals surface area contributed by atoms with Crippen molar-refractivity contribution in [2.24, 2.45) is 13.0 Å². The minimum absolute atomic E-state index is 0.259. The summed E-state index contributed by atoms with van der Waals surface area (Å²) in [4.78, 5) is 26.3. The Morgan fingerprint density at radius 2 is 2.19 bits per heavy atom. The zero-order valence-electron chi connectivity index (χ0n) is 15.8. The largest absolute Gasteiger partial charge is 0.465 e. The number of likely N-dealkylation sites (tertiary alicyclic amines) is 1. The van der Waals surface area contributed by atoms with Crippen LogP contribution in [-0.2, 0) is 20.0 Å². The van der Waals surface area contributed by atoms with Crippen molar-refractivity contribution in [2.45, 2.75) is 33.2 Å². The Hall–Kier alpha value is -2.97. The zero-order valence-corrected chi connectivity index (χ0v) is 15.8. The number of carboxylic acid groups (broad SMARTS) is 1. The molecule has 3 aromatic heterocycles. The summed E-state index contributed by atoms with van der Waals surface area (Å²) in [7, 11) is 1.95. The van der Waals surface area contributed by atoms with Crippen LogP contribution in [0.15, 0.2) is 12.5 Å². The first-order valence-corrected chi connectivity index (χ1v) is 9.16. The molecule has 0 aliphatic carbocycles. The molecule has 1 amide bonds. The molecule has 0 saturated carbocycles. The van der Waals surface area contributed by atoms with Gasteiger partial charge in [0.2, 0.25) is 0 Å². The SMILES string of the molecule is CCn1ncc(-c2nc3c(CC4CCN(C(=O)O)C4)ncnc3n2C)c1C. The van der Waals surface area contributed by atoms with Crippen molar-refractivity contribution in [3.63, 3.8) is 0 Å². The van der Waals surface area contributed by atoms with E-state index in [9.17, 15) is 4.79 Å². The second kappa shape index (κ2) is 6.64. The Morgan fingerprint density at radius 3 is 2.85 bits per heavy atom. The van der Waals surface area contributed by atoms with Crippen LogP contribution in [0.3, 0.4) is 0 Å². The fourth-order valence-electron chi connectivity index (χ4n) is 3.87. The van der Waals surface area contributed by atoms with E-state index in [0.29, 0.717) is 19.5 Å². The number of aryl methyl sites for hydroxylation is 2. The Balaban J connectivity index is 1.70. The van der Waals surface area contributed by atoms with Gasteiger partial charge in [-0.15, -0.1) is 0 Å². The van der Waals surface area contributed by atoms with Crippen LogP contribution in [0.4, 0.5) is 4.79 Å². The van der Waals surface area contributed by atoms with Crippen molar-refractivity contribution < 1.29 is 9.90 Å². The zero-order chi connectivity index (χ0) is 19.1. The molecule has 1 N–H and O–H groups in total. The van der Waals surface area contributed by atoms with Gasteiger partial charge in [-0.25, -0.2) is 19.7 Å². The summed E-state index contributed by atoms with van der Waals surface area (Å²) >= 11 is 0. The molecule has 4 rings (SSSR count). The predicted molar refractivity (Wildman–Crippen MR) is 99.3 cm³/mol. The van der Waals surface area contributed by atoms with Gasteiger partial charge in [0.05, 0.1) is 17.5 Å². The average Bonchev–Trinajstić information content (AvgIpc) is 3.34.